The number of benzene rings is 3. The Morgan fingerprint density at radius 3 is 2.39 bits per heavy atom. The van der Waals surface area contributed by atoms with Gasteiger partial charge < -0.3 is 14.6 Å². The Morgan fingerprint density at radius 1 is 1.00 bits per heavy atom. The molecular weight excluding hydrogens is 476 g/mol. The number of fused-ring (bicyclic) bond motifs is 1. The lowest BCUT2D eigenvalue weighted by Gasteiger charge is -2.18. The van der Waals surface area contributed by atoms with Crippen LogP contribution in [0.25, 0.3) is 11.1 Å². The summed E-state index contributed by atoms with van der Waals surface area (Å²) in [7, 11) is 1.48. The first-order chi connectivity index (χ1) is 18.2. The number of carboxylic acid groups (broad SMARTS) is 1. The molecule has 1 unspecified atom stereocenters. The predicted octanol–water partition coefficient (Wildman–Crippen LogP) is 6.51. The van der Waals surface area contributed by atoms with E-state index in [2.05, 4.69) is 43.3 Å². The molecule has 0 bridgehead atoms. The summed E-state index contributed by atoms with van der Waals surface area (Å²) in [6.45, 7) is 5.94. The molecule has 5 nitrogen and oxygen atoms in total. The first kappa shape index (κ1) is 26.0. The van der Waals surface area contributed by atoms with Gasteiger partial charge >= 0.3 is 11.9 Å². The molecule has 2 aliphatic carbocycles. The highest BCUT2D eigenvalue weighted by atomic mass is 16.5. The van der Waals surface area contributed by atoms with Crippen molar-refractivity contribution < 1.29 is 24.2 Å². The van der Waals surface area contributed by atoms with Gasteiger partial charge in [-0.3, -0.25) is 4.79 Å². The molecule has 3 aromatic carbocycles. The smallest absolute Gasteiger partial charge is 0.341 e. The van der Waals surface area contributed by atoms with E-state index in [1.807, 2.05) is 26.0 Å². The Balaban J connectivity index is 1.33. The maximum atomic E-state index is 12.0. The van der Waals surface area contributed by atoms with Gasteiger partial charge in [0.25, 0.3) is 0 Å². The molecule has 1 spiro atoms. The summed E-state index contributed by atoms with van der Waals surface area (Å²) < 4.78 is 10.4. The summed E-state index contributed by atoms with van der Waals surface area (Å²) in [4.78, 5) is 22.9. The Hall–Kier alpha value is -3.60. The van der Waals surface area contributed by atoms with Crippen LogP contribution < -0.4 is 4.74 Å². The summed E-state index contributed by atoms with van der Waals surface area (Å²) >= 11 is 0. The van der Waals surface area contributed by atoms with E-state index >= 15 is 0 Å². The molecule has 1 saturated carbocycles. The van der Waals surface area contributed by atoms with Gasteiger partial charge in [0.05, 0.1) is 13.5 Å². The minimum absolute atomic E-state index is 0.110. The van der Waals surface area contributed by atoms with E-state index in [0.29, 0.717) is 18.1 Å². The van der Waals surface area contributed by atoms with Crippen LogP contribution >= 0.6 is 0 Å². The second kappa shape index (κ2) is 10.3. The maximum Gasteiger partial charge on any atom is 0.341 e. The minimum Gasteiger partial charge on any atom is -0.482 e. The number of hydrogen-bond acceptors (Lipinski definition) is 4. The van der Waals surface area contributed by atoms with E-state index in [1.54, 1.807) is 0 Å². The van der Waals surface area contributed by atoms with Gasteiger partial charge in [0.15, 0.2) is 6.61 Å². The van der Waals surface area contributed by atoms with Crippen molar-refractivity contribution in [2.24, 2.45) is 5.41 Å². The number of esters is 1. The van der Waals surface area contributed by atoms with Crippen LogP contribution in [0.4, 0.5) is 0 Å². The molecule has 0 aliphatic heterocycles. The second-order valence-corrected chi connectivity index (χ2v) is 11.1. The number of carbonyl (C=O) groups excluding carboxylic acids is 1. The summed E-state index contributed by atoms with van der Waals surface area (Å²) in [6, 6.07) is 17.2. The van der Waals surface area contributed by atoms with E-state index < -0.39 is 5.97 Å². The van der Waals surface area contributed by atoms with Crippen molar-refractivity contribution in [2.75, 3.05) is 13.7 Å². The average Bonchev–Trinajstić information content (AvgIpc) is 3.59. The molecule has 0 saturated heterocycles. The highest BCUT2D eigenvalue weighted by Crippen LogP contribution is 2.64. The average molecular weight is 513 g/mol. The molecule has 1 N–H and O–H groups in total. The van der Waals surface area contributed by atoms with Crippen LogP contribution in [0.2, 0.25) is 0 Å². The highest BCUT2D eigenvalue weighted by Gasteiger charge is 2.54. The number of rotatable bonds is 9. The Morgan fingerprint density at radius 2 is 1.74 bits per heavy atom. The van der Waals surface area contributed by atoms with Crippen molar-refractivity contribution in [3.8, 4) is 16.9 Å². The highest BCUT2D eigenvalue weighted by molar-refractivity contribution is 5.76. The van der Waals surface area contributed by atoms with Gasteiger partial charge in [-0.15, -0.1) is 0 Å². The summed E-state index contributed by atoms with van der Waals surface area (Å²) in [6.07, 6.45) is 5.89. The lowest BCUT2D eigenvalue weighted by molar-refractivity contribution is -0.141. The topological polar surface area (TPSA) is 72.8 Å². The number of hydrogen-bond donors (Lipinski definition) is 1. The fraction of sp³-hybridized carbons (Fsp3) is 0.394. The molecule has 0 amide bonds. The normalized spacial score (nSPS) is 16.8. The van der Waals surface area contributed by atoms with Crippen LogP contribution in [-0.4, -0.2) is 30.8 Å². The van der Waals surface area contributed by atoms with Crippen LogP contribution in [0.15, 0.2) is 48.5 Å². The fourth-order valence-corrected chi connectivity index (χ4v) is 6.48. The number of aryl methyl sites for hydroxylation is 4. The maximum absolute atomic E-state index is 12.0. The number of methoxy groups -OCH3 is 1. The largest absolute Gasteiger partial charge is 0.482 e. The molecule has 1 fully saturated rings. The predicted molar refractivity (Wildman–Crippen MR) is 148 cm³/mol. The first-order valence-electron chi connectivity index (χ1n) is 13.4. The molecule has 198 valence electrons. The van der Waals surface area contributed by atoms with Gasteiger partial charge in [-0.05, 0) is 120 Å². The van der Waals surface area contributed by atoms with Crippen molar-refractivity contribution in [3.63, 3.8) is 0 Å². The van der Waals surface area contributed by atoms with Gasteiger partial charge in [0.2, 0.25) is 0 Å². The van der Waals surface area contributed by atoms with Gasteiger partial charge in [-0.25, -0.2) is 4.79 Å². The van der Waals surface area contributed by atoms with Crippen LogP contribution in [0.3, 0.4) is 0 Å². The van der Waals surface area contributed by atoms with E-state index in [9.17, 15) is 9.59 Å². The fourth-order valence-electron chi connectivity index (χ4n) is 6.48. The molecule has 0 aromatic heterocycles. The number of aliphatic carboxylic acids is 1. The molecule has 5 rings (SSSR count). The molecule has 5 heteroatoms. The minimum atomic E-state index is -0.982. The van der Waals surface area contributed by atoms with Crippen molar-refractivity contribution in [2.45, 2.75) is 65.2 Å². The molecule has 3 aromatic rings. The van der Waals surface area contributed by atoms with E-state index in [-0.39, 0.29) is 18.0 Å². The Bertz CT molecular complexity index is 1380. The van der Waals surface area contributed by atoms with Gasteiger partial charge in [0.1, 0.15) is 5.75 Å². The number of carboxylic acids is 1. The zero-order valence-electron chi connectivity index (χ0n) is 22.7. The van der Waals surface area contributed by atoms with Gasteiger partial charge in [0, 0.05) is 5.92 Å². The molecule has 38 heavy (non-hydrogen) atoms. The summed E-state index contributed by atoms with van der Waals surface area (Å²) in [5, 5.41) is 8.93. The third-order valence-corrected chi connectivity index (χ3v) is 8.62. The molecule has 0 heterocycles. The standard InChI is InChI=1S/C33H36O5/c1-20-14-26(38-19-30(34)35)15-21(2)32(20)27-7-5-6-24(22(27)3)10-8-23-9-11-28-25(16-23)18-33(12-13-33)29(28)17-31(36)37-4/h5-7,9,11,14-16,29H,8,10,12-13,17-19H2,1-4H3,(H,34,35). The number of carbonyl (C=O) groups is 2. The van der Waals surface area contributed by atoms with Crippen LogP contribution in [0.5, 0.6) is 5.75 Å². The van der Waals surface area contributed by atoms with E-state index in [4.69, 9.17) is 14.6 Å². The van der Waals surface area contributed by atoms with Crippen molar-refractivity contribution in [3.05, 3.63) is 87.5 Å². The van der Waals surface area contributed by atoms with Crippen molar-refractivity contribution in [1.29, 1.82) is 0 Å². The summed E-state index contributed by atoms with van der Waals surface area (Å²) in [5.41, 5.74) is 11.5. The lowest BCUT2D eigenvalue weighted by Crippen LogP contribution is -2.14. The Labute approximate surface area is 224 Å². The van der Waals surface area contributed by atoms with Crippen molar-refractivity contribution >= 4 is 11.9 Å². The van der Waals surface area contributed by atoms with Crippen molar-refractivity contribution in [1.82, 2.24) is 0 Å². The molecule has 1 atom stereocenters. The second-order valence-electron chi connectivity index (χ2n) is 11.1. The van der Waals surface area contributed by atoms with E-state index in [1.165, 1.54) is 58.9 Å². The van der Waals surface area contributed by atoms with Crippen LogP contribution in [0, 0.1) is 26.2 Å². The third kappa shape index (κ3) is 5.07. The van der Waals surface area contributed by atoms with Gasteiger partial charge in [-0.1, -0.05) is 36.4 Å². The van der Waals surface area contributed by atoms with Crippen LogP contribution in [0.1, 0.15) is 64.1 Å². The van der Waals surface area contributed by atoms with Crippen LogP contribution in [-0.2, 0) is 33.6 Å². The quantitative estimate of drug-likeness (QED) is 0.331. The van der Waals surface area contributed by atoms with Gasteiger partial charge in [-0.2, -0.15) is 0 Å². The molecule has 2 aliphatic rings. The Kier molecular flexibility index (Phi) is 7.04. The monoisotopic (exact) mass is 512 g/mol. The zero-order chi connectivity index (χ0) is 27.0. The molecule has 0 radical (unpaired) electrons. The summed E-state index contributed by atoms with van der Waals surface area (Å²) in [5.74, 6) is -0.213. The number of ether oxygens (including phenoxy) is 2. The zero-order valence-corrected chi connectivity index (χ0v) is 22.7. The lowest BCUT2D eigenvalue weighted by atomic mass is 9.86. The SMILES string of the molecule is COC(=O)CC1c2ccc(CCc3cccc(-c4c(C)cc(OCC(=O)O)cc4C)c3C)cc2CC12CC2. The third-order valence-electron chi connectivity index (χ3n) is 8.62. The van der Waals surface area contributed by atoms with E-state index in [0.717, 1.165) is 30.4 Å². The first-order valence-corrected chi connectivity index (χ1v) is 13.4. The molecular formula is C33H36O5.